The fourth-order valence-corrected chi connectivity index (χ4v) is 3.35. The summed E-state index contributed by atoms with van der Waals surface area (Å²) >= 11 is 1.62. The van der Waals surface area contributed by atoms with E-state index in [1.165, 1.54) is 5.57 Å². The molecule has 0 radical (unpaired) electrons. The summed E-state index contributed by atoms with van der Waals surface area (Å²) in [5, 5.41) is 4.55. The molecule has 1 aromatic heterocycles. The molecule has 0 atom stereocenters. The van der Waals surface area contributed by atoms with Crippen LogP contribution in [-0.4, -0.2) is 46.8 Å². The second-order valence-electron chi connectivity index (χ2n) is 5.61. The normalized spacial score (nSPS) is 14.1. The maximum Gasteiger partial charge on any atom is 0.138 e. The zero-order valence-electron chi connectivity index (χ0n) is 20.1. The number of thioether (sulfide) groups is 1. The molecule has 0 amide bonds. The maximum atomic E-state index is 4.40. The van der Waals surface area contributed by atoms with E-state index in [1.54, 1.807) is 18.1 Å². The molecule has 4 nitrogen and oxygen atoms in total. The first-order valence-electron chi connectivity index (χ1n) is 11.0. The summed E-state index contributed by atoms with van der Waals surface area (Å²) in [5.41, 5.74) is 2.30. The van der Waals surface area contributed by atoms with Gasteiger partial charge in [0.2, 0.25) is 0 Å². The molecule has 1 aliphatic heterocycles. The van der Waals surface area contributed by atoms with Crippen LogP contribution in [0.1, 0.15) is 66.9 Å². The molecule has 1 aromatic rings. The SMILES string of the molecule is C=C/C(=C\C)CN1CCC(Nc2ncnc(SC)c2C=C)CC1.CC.CC.CC. The Morgan fingerprint density at radius 1 is 1.14 bits per heavy atom. The summed E-state index contributed by atoms with van der Waals surface area (Å²) in [5.74, 6) is 0.901. The van der Waals surface area contributed by atoms with Crippen molar-refractivity contribution in [3.05, 3.63) is 42.8 Å². The summed E-state index contributed by atoms with van der Waals surface area (Å²) in [7, 11) is 0. The van der Waals surface area contributed by atoms with E-state index in [9.17, 15) is 0 Å². The van der Waals surface area contributed by atoms with Gasteiger partial charge in [0, 0.05) is 31.2 Å². The van der Waals surface area contributed by atoms with Crippen molar-refractivity contribution in [3.8, 4) is 0 Å². The van der Waals surface area contributed by atoms with Crippen LogP contribution >= 0.6 is 11.8 Å². The summed E-state index contributed by atoms with van der Waals surface area (Å²) in [6.07, 6.45) is 11.8. The predicted molar refractivity (Wildman–Crippen MR) is 135 cm³/mol. The summed E-state index contributed by atoms with van der Waals surface area (Å²) in [4.78, 5) is 11.2. The fraction of sp³-hybridized carbons (Fsp3) is 0.583. The number of aromatic nitrogens is 2. The molecule has 0 unspecified atom stereocenters. The van der Waals surface area contributed by atoms with E-state index >= 15 is 0 Å². The smallest absolute Gasteiger partial charge is 0.138 e. The van der Waals surface area contributed by atoms with Gasteiger partial charge >= 0.3 is 0 Å². The van der Waals surface area contributed by atoms with Crippen LogP contribution in [0.3, 0.4) is 0 Å². The predicted octanol–water partition coefficient (Wildman–Crippen LogP) is 6.93. The molecule has 2 rings (SSSR count). The highest BCUT2D eigenvalue weighted by atomic mass is 32.2. The molecule has 1 fully saturated rings. The van der Waals surface area contributed by atoms with Gasteiger partial charge in [-0.05, 0) is 31.6 Å². The first-order valence-corrected chi connectivity index (χ1v) is 12.2. The van der Waals surface area contributed by atoms with E-state index in [-0.39, 0.29) is 0 Å². The van der Waals surface area contributed by atoms with Gasteiger partial charge in [0.05, 0.1) is 0 Å². The molecule has 0 aromatic carbocycles. The number of nitrogens with zero attached hydrogens (tertiary/aromatic N) is 3. The lowest BCUT2D eigenvalue weighted by atomic mass is 10.0. The van der Waals surface area contributed by atoms with Crippen LogP contribution in [0.2, 0.25) is 0 Å². The molecule has 1 aliphatic rings. The van der Waals surface area contributed by atoms with Crippen LogP contribution in [-0.2, 0) is 0 Å². The summed E-state index contributed by atoms with van der Waals surface area (Å²) < 4.78 is 0. The van der Waals surface area contributed by atoms with E-state index in [4.69, 9.17) is 0 Å². The highest BCUT2D eigenvalue weighted by Crippen LogP contribution is 2.26. The minimum atomic E-state index is 0.451. The largest absolute Gasteiger partial charge is 0.367 e. The zero-order valence-corrected chi connectivity index (χ0v) is 20.9. The molecule has 5 heteroatoms. The van der Waals surface area contributed by atoms with E-state index in [1.807, 2.05) is 60.0 Å². The summed E-state index contributed by atoms with van der Waals surface area (Å²) in [6.45, 7) is 25.0. The first kappa shape index (κ1) is 29.6. The lowest BCUT2D eigenvalue weighted by Gasteiger charge is -2.33. The monoisotopic (exact) mass is 420 g/mol. The summed E-state index contributed by atoms with van der Waals surface area (Å²) in [6, 6.07) is 0.451. The Morgan fingerprint density at radius 2 is 1.72 bits per heavy atom. The average molecular weight is 421 g/mol. The molecule has 0 aliphatic carbocycles. The standard InChI is InChI=1S/C18H26N4S.3C2H6/c1-5-14(6-2)12-22-10-8-15(9-11-22)21-17-16(7-3)18(23-4)20-13-19-17;3*1-2/h5-7,13,15H,1,3,8-12H2,2,4H3,(H,19,20,21);3*1-2H3/b14-6+;;;. The number of anilines is 1. The molecule has 0 spiro atoms. The Balaban J connectivity index is 0. The van der Waals surface area contributed by atoms with Crippen molar-refractivity contribution >= 4 is 23.7 Å². The highest BCUT2D eigenvalue weighted by Gasteiger charge is 2.20. The number of allylic oxidation sites excluding steroid dienone is 1. The topological polar surface area (TPSA) is 41.0 Å². The molecule has 29 heavy (non-hydrogen) atoms. The van der Waals surface area contributed by atoms with E-state index in [0.29, 0.717) is 6.04 Å². The van der Waals surface area contributed by atoms with Crippen LogP contribution in [0, 0.1) is 0 Å². The van der Waals surface area contributed by atoms with Crippen molar-refractivity contribution in [3.63, 3.8) is 0 Å². The Labute approximate surface area is 185 Å². The van der Waals surface area contributed by atoms with Gasteiger partial charge in [-0.25, -0.2) is 9.97 Å². The number of piperidine rings is 1. The van der Waals surface area contributed by atoms with Gasteiger partial charge in [0.15, 0.2) is 0 Å². The molecule has 1 saturated heterocycles. The van der Waals surface area contributed by atoms with E-state index < -0.39 is 0 Å². The van der Waals surface area contributed by atoms with Crippen molar-refractivity contribution in [2.45, 2.75) is 72.4 Å². The third-order valence-corrected chi connectivity index (χ3v) is 4.92. The molecule has 166 valence electrons. The maximum absolute atomic E-state index is 4.40. The molecule has 0 saturated carbocycles. The lowest BCUT2D eigenvalue weighted by Crippen LogP contribution is -2.40. The zero-order chi connectivity index (χ0) is 22.7. The minimum absolute atomic E-state index is 0.451. The molecule has 2 heterocycles. The van der Waals surface area contributed by atoms with Crippen LogP contribution in [0.15, 0.2) is 42.2 Å². The molecular weight excluding hydrogens is 376 g/mol. The van der Waals surface area contributed by atoms with Crippen LogP contribution in [0.25, 0.3) is 6.08 Å². The Bertz CT molecular complexity index is 576. The first-order chi connectivity index (χ1) is 14.2. The average Bonchev–Trinajstić information content (AvgIpc) is 2.82. The minimum Gasteiger partial charge on any atom is -0.367 e. The third kappa shape index (κ3) is 10.7. The van der Waals surface area contributed by atoms with Crippen LogP contribution in [0.4, 0.5) is 5.82 Å². The Hall–Kier alpha value is -1.59. The Morgan fingerprint density at radius 3 is 2.17 bits per heavy atom. The highest BCUT2D eigenvalue weighted by molar-refractivity contribution is 7.98. The van der Waals surface area contributed by atoms with Crippen LogP contribution in [0.5, 0.6) is 0 Å². The van der Waals surface area contributed by atoms with Crippen molar-refractivity contribution in [1.82, 2.24) is 14.9 Å². The quantitative estimate of drug-likeness (QED) is 0.294. The Kier molecular flexibility index (Phi) is 20.1. The number of hydrogen-bond acceptors (Lipinski definition) is 5. The molecule has 1 N–H and O–H groups in total. The van der Waals surface area contributed by atoms with Gasteiger partial charge in [-0.1, -0.05) is 72.9 Å². The van der Waals surface area contributed by atoms with Crippen molar-refractivity contribution < 1.29 is 0 Å². The van der Waals surface area contributed by atoms with Crippen molar-refractivity contribution in [1.29, 1.82) is 0 Å². The van der Waals surface area contributed by atoms with Gasteiger partial charge in [0.25, 0.3) is 0 Å². The second kappa shape index (κ2) is 19.7. The fourth-order valence-electron chi connectivity index (χ4n) is 2.80. The number of likely N-dealkylation sites (tertiary alicyclic amines) is 1. The van der Waals surface area contributed by atoms with E-state index in [2.05, 4.69) is 46.3 Å². The van der Waals surface area contributed by atoms with Gasteiger partial charge in [-0.15, -0.1) is 11.8 Å². The van der Waals surface area contributed by atoms with Gasteiger partial charge in [0.1, 0.15) is 17.2 Å². The number of hydrogen-bond donors (Lipinski definition) is 1. The number of rotatable bonds is 7. The van der Waals surface area contributed by atoms with Crippen molar-refractivity contribution in [2.75, 3.05) is 31.2 Å². The van der Waals surface area contributed by atoms with Gasteiger partial charge < -0.3 is 5.32 Å². The van der Waals surface area contributed by atoms with Gasteiger partial charge in [-0.3, -0.25) is 4.90 Å². The third-order valence-electron chi connectivity index (χ3n) is 4.21. The van der Waals surface area contributed by atoms with E-state index in [0.717, 1.165) is 48.9 Å². The number of nitrogens with one attached hydrogen (secondary N) is 1. The second-order valence-corrected chi connectivity index (χ2v) is 6.41. The lowest BCUT2D eigenvalue weighted by molar-refractivity contribution is 0.237. The van der Waals surface area contributed by atoms with Crippen LogP contribution < -0.4 is 5.32 Å². The van der Waals surface area contributed by atoms with Gasteiger partial charge in [-0.2, -0.15) is 0 Å². The molecular formula is C24H44N4S. The van der Waals surface area contributed by atoms with Crippen molar-refractivity contribution in [2.24, 2.45) is 0 Å². The molecule has 0 bridgehead atoms.